The molecule has 0 spiro atoms. The van der Waals surface area contributed by atoms with Crippen molar-refractivity contribution < 1.29 is 27.5 Å². The number of methoxy groups -OCH3 is 2. The van der Waals surface area contributed by atoms with Gasteiger partial charge in [0.1, 0.15) is 11.5 Å². The summed E-state index contributed by atoms with van der Waals surface area (Å²) in [7, 11) is -0.732. The second-order valence-electron chi connectivity index (χ2n) is 8.48. The van der Waals surface area contributed by atoms with Gasteiger partial charge in [0, 0.05) is 31.3 Å². The van der Waals surface area contributed by atoms with E-state index < -0.39 is 15.9 Å². The van der Waals surface area contributed by atoms with Crippen LogP contribution in [0.2, 0.25) is 0 Å². The topological polar surface area (TPSA) is 114 Å². The van der Waals surface area contributed by atoms with Crippen molar-refractivity contribution in [2.24, 2.45) is 5.92 Å². The van der Waals surface area contributed by atoms with Crippen molar-refractivity contribution in [2.45, 2.75) is 37.0 Å². The van der Waals surface area contributed by atoms with Crippen molar-refractivity contribution in [3.63, 3.8) is 0 Å². The second-order valence-corrected chi connectivity index (χ2v) is 10.4. The summed E-state index contributed by atoms with van der Waals surface area (Å²) >= 11 is 0. The number of carbonyl (C=O) groups is 2. The van der Waals surface area contributed by atoms with Gasteiger partial charge >= 0.3 is 0 Å². The SMILES string of the molecule is COc1ccc(NC(=O)[C@@H]2CCCN(S(=O)(=O)c3ccc4c(c3)CCCC(=O)N4)C2)c(OC)c1. The number of aryl methyl sites for hydroxylation is 1. The number of anilines is 2. The summed E-state index contributed by atoms with van der Waals surface area (Å²) in [6.45, 7) is 0.451. The molecule has 34 heavy (non-hydrogen) atoms. The number of nitrogens with zero attached hydrogens (tertiary/aromatic N) is 1. The molecule has 2 aromatic rings. The molecule has 2 aromatic carbocycles. The molecule has 0 aliphatic carbocycles. The van der Waals surface area contributed by atoms with E-state index in [0.717, 1.165) is 5.56 Å². The van der Waals surface area contributed by atoms with Crippen LogP contribution < -0.4 is 20.1 Å². The van der Waals surface area contributed by atoms with Gasteiger partial charge in [-0.2, -0.15) is 4.31 Å². The van der Waals surface area contributed by atoms with Gasteiger partial charge in [-0.05, 0) is 61.6 Å². The first-order valence-electron chi connectivity index (χ1n) is 11.3. The summed E-state index contributed by atoms with van der Waals surface area (Å²) in [5, 5.41) is 5.69. The minimum absolute atomic E-state index is 0.0623. The standard InChI is InChI=1S/C24H29N3O6S/c1-32-18-8-10-21(22(14-18)33-2)26-24(29)17-6-4-12-27(15-17)34(30,31)19-9-11-20-16(13-19)5-3-7-23(28)25-20/h8-11,13-14,17H,3-7,12,15H2,1-2H3,(H,25,28)(H,26,29)/t17-/m1/s1. The fourth-order valence-corrected chi connectivity index (χ4v) is 5.95. The molecule has 2 aliphatic heterocycles. The lowest BCUT2D eigenvalue weighted by Crippen LogP contribution is -2.43. The molecule has 1 saturated heterocycles. The molecule has 0 bridgehead atoms. The average Bonchev–Trinajstić information content (AvgIpc) is 3.04. The maximum absolute atomic E-state index is 13.4. The number of benzene rings is 2. The van der Waals surface area contributed by atoms with Crippen LogP contribution >= 0.6 is 0 Å². The second kappa shape index (κ2) is 10.0. The largest absolute Gasteiger partial charge is 0.497 e. The fraction of sp³-hybridized carbons (Fsp3) is 0.417. The van der Waals surface area contributed by atoms with Crippen molar-refractivity contribution in [2.75, 3.05) is 37.9 Å². The molecular formula is C24H29N3O6S. The fourth-order valence-electron chi connectivity index (χ4n) is 4.37. The van der Waals surface area contributed by atoms with Crippen LogP contribution in [0.3, 0.4) is 0 Å². The molecule has 182 valence electrons. The Morgan fingerprint density at radius 3 is 2.68 bits per heavy atom. The third-order valence-corrected chi connectivity index (χ3v) is 8.12. The van der Waals surface area contributed by atoms with Crippen molar-refractivity contribution in [1.82, 2.24) is 4.31 Å². The van der Waals surface area contributed by atoms with E-state index in [1.165, 1.54) is 17.5 Å². The molecule has 9 nitrogen and oxygen atoms in total. The summed E-state index contributed by atoms with van der Waals surface area (Å²) in [6, 6.07) is 9.90. The number of amides is 2. The molecule has 2 amide bonds. The van der Waals surface area contributed by atoms with Gasteiger partial charge in [-0.15, -0.1) is 0 Å². The highest BCUT2D eigenvalue weighted by atomic mass is 32.2. The first-order chi connectivity index (χ1) is 16.3. The van der Waals surface area contributed by atoms with Crippen molar-refractivity contribution in [1.29, 1.82) is 0 Å². The Hall–Kier alpha value is -3.11. The van der Waals surface area contributed by atoms with Gasteiger partial charge in [-0.3, -0.25) is 9.59 Å². The van der Waals surface area contributed by atoms with Gasteiger partial charge < -0.3 is 20.1 Å². The van der Waals surface area contributed by atoms with Gasteiger partial charge in [0.15, 0.2) is 0 Å². The molecular weight excluding hydrogens is 458 g/mol. The van der Waals surface area contributed by atoms with Gasteiger partial charge in [0.05, 0.1) is 30.7 Å². The zero-order valence-electron chi connectivity index (χ0n) is 19.3. The summed E-state index contributed by atoms with van der Waals surface area (Å²) in [6.07, 6.45) is 2.89. The number of carbonyl (C=O) groups excluding carboxylic acids is 2. The summed E-state index contributed by atoms with van der Waals surface area (Å²) in [4.78, 5) is 25.0. The number of hydrogen-bond donors (Lipinski definition) is 2. The normalized spacial score (nSPS) is 18.9. The van der Waals surface area contributed by atoms with Crippen LogP contribution in [0, 0.1) is 5.92 Å². The first-order valence-corrected chi connectivity index (χ1v) is 12.7. The van der Waals surface area contributed by atoms with Crippen LogP contribution in [0.4, 0.5) is 11.4 Å². The number of ether oxygens (including phenoxy) is 2. The predicted molar refractivity (Wildman–Crippen MR) is 128 cm³/mol. The van der Waals surface area contributed by atoms with Gasteiger partial charge in [0.25, 0.3) is 0 Å². The molecule has 2 heterocycles. The molecule has 1 fully saturated rings. The average molecular weight is 488 g/mol. The Bertz CT molecular complexity index is 1200. The monoisotopic (exact) mass is 487 g/mol. The molecule has 2 N–H and O–H groups in total. The zero-order chi connectivity index (χ0) is 24.3. The van der Waals surface area contributed by atoms with Crippen LogP contribution in [0.25, 0.3) is 0 Å². The van der Waals surface area contributed by atoms with Crippen molar-refractivity contribution in [3.8, 4) is 11.5 Å². The summed E-state index contributed by atoms with van der Waals surface area (Å²) in [5.74, 6) is 0.256. The lowest BCUT2D eigenvalue weighted by molar-refractivity contribution is -0.121. The Morgan fingerprint density at radius 2 is 1.91 bits per heavy atom. The van der Waals surface area contributed by atoms with Crippen molar-refractivity contribution >= 4 is 33.2 Å². The van der Waals surface area contributed by atoms with E-state index in [1.54, 1.807) is 37.4 Å². The van der Waals surface area contributed by atoms with E-state index in [1.807, 2.05) is 0 Å². The number of rotatable bonds is 6. The van der Waals surface area contributed by atoms with Gasteiger partial charge in [-0.25, -0.2) is 8.42 Å². The molecule has 0 saturated carbocycles. The van der Waals surface area contributed by atoms with E-state index in [9.17, 15) is 18.0 Å². The Morgan fingerprint density at radius 1 is 1.09 bits per heavy atom. The van der Waals surface area contributed by atoms with E-state index in [4.69, 9.17) is 9.47 Å². The molecule has 0 aromatic heterocycles. The minimum Gasteiger partial charge on any atom is -0.497 e. The Kier molecular flexibility index (Phi) is 7.08. The lowest BCUT2D eigenvalue weighted by Gasteiger charge is -2.31. The molecule has 10 heteroatoms. The maximum Gasteiger partial charge on any atom is 0.243 e. The summed E-state index contributed by atoms with van der Waals surface area (Å²) in [5.41, 5.74) is 1.97. The van der Waals surface area contributed by atoms with E-state index >= 15 is 0 Å². The molecule has 4 rings (SSSR count). The highest BCUT2D eigenvalue weighted by Gasteiger charge is 2.34. The number of fused-ring (bicyclic) bond motifs is 1. The number of nitrogens with one attached hydrogen (secondary N) is 2. The zero-order valence-corrected chi connectivity index (χ0v) is 20.1. The van der Waals surface area contributed by atoms with Gasteiger partial charge in [0.2, 0.25) is 21.8 Å². The van der Waals surface area contributed by atoms with Crippen LogP contribution in [0.5, 0.6) is 11.5 Å². The molecule has 2 aliphatic rings. The Labute approximate surface area is 199 Å². The van der Waals surface area contributed by atoms with Crippen LogP contribution in [-0.2, 0) is 26.0 Å². The number of hydrogen-bond acceptors (Lipinski definition) is 6. The molecule has 0 radical (unpaired) electrons. The van der Waals surface area contributed by atoms with E-state index in [-0.39, 0.29) is 23.3 Å². The third-order valence-electron chi connectivity index (χ3n) is 6.26. The number of piperidine rings is 1. The third kappa shape index (κ3) is 5.02. The lowest BCUT2D eigenvalue weighted by atomic mass is 9.98. The van der Waals surface area contributed by atoms with Crippen LogP contribution in [-0.4, -0.2) is 51.8 Å². The highest BCUT2D eigenvalue weighted by molar-refractivity contribution is 7.89. The smallest absolute Gasteiger partial charge is 0.243 e. The predicted octanol–water partition coefficient (Wildman–Crippen LogP) is 3.02. The minimum atomic E-state index is -3.78. The quantitative estimate of drug-likeness (QED) is 0.648. The van der Waals surface area contributed by atoms with Crippen LogP contribution in [0.15, 0.2) is 41.3 Å². The summed E-state index contributed by atoms with van der Waals surface area (Å²) < 4.78 is 38.7. The maximum atomic E-state index is 13.4. The molecule has 0 unspecified atom stereocenters. The van der Waals surface area contributed by atoms with Gasteiger partial charge in [-0.1, -0.05) is 0 Å². The molecule has 1 atom stereocenters. The Balaban J connectivity index is 1.49. The van der Waals surface area contributed by atoms with E-state index in [2.05, 4.69) is 10.6 Å². The number of sulfonamides is 1. The highest BCUT2D eigenvalue weighted by Crippen LogP contribution is 2.32. The van der Waals surface area contributed by atoms with Crippen LogP contribution in [0.1, 0.15) is 31.2 Å². The first kappa shape index (κ1) is 24.0. The van der Waals surface area contributed by atoms with E-state index in [0.29, 0.717) is 61.5 Å². The van der Waals surface area contributed by atoms with Crippen molar-refractivity contribution in [3.05, 3.63) is 42.0 Å².